The predicted octanol–water partition coefficient (Wildman–Crippen LogP) is 5.03. The molecule has 0 radical (unpaired) electrons. The summed E-state index contributed by atoms with van der Waals surface area (Å²) in [4.78, 5) is 30.0. The van der Waals surface area contributed by atoms with Gasteiger partial charge in [-0.15, -0.1) is 0 Å². The fourth-order valence-electron chi connectivity index (χ4n) is 3.96. The van der Waals surface area contributed by atoms with Crippen LogP contribution in [0.15, 0.2) is 84.6 Å². The number of hydrogen-bond donors (Lipinski definition) is 0. The Hall–Kier alpha value is -3.93. The van der Waals surface area contributed by atoms with E-state index in [9.17, 15) is 14.0 Å². The maximum atomic E-state index is 14.6. The number of carbonyl (C=O) groups excluding carboxylic acids is 2. The zero-order valence-corrected chi connectivity index (χ0v) is 18.6. The van der Waals surface area contributed by atoms with Crippen LogP contribution in [0.1, 0.15) is 25.0 Å². The third kappa shape index (κ3) is 4.37. The third-order valence-corrected chi connectivity index (χ3v) is 5.52. The summed E-state index contributed by atoms with van der Waals surface area (Å²) in [7, 11) is 0. The number of halogens is 1. The highest BCUT2D eigenvalue weighted by Crippen LogP contribution is 2.36. The van der Waals surface area contributed by atoms with Gasteiger partial charge in [0.25, 0.3) is 11.8 Å². The lowest BCUT2D eigenvalue weighted by Crippen LogP contribution is -2.35. The zero-order chi connectivity index (χ0) is 23.4. The Balaban J connectivity index is 1.82. The van der Waals surface area contributed by atoms with Crippen molar-refractivity contribution in [3.8, 4) is 5.75 Å². The van der Waals surface area contributed by atoms with E-state index in [4.69, 9.17) is 4.74 Å². The van der Waals surface area contributed by atoms with E-state index >= 15 is 0 Å². The van der Waals surface area contributed by atoms with Crippen molar-refractivity contribution in [3.05, 3.63) is 102 Å². The van der Waals surface area contributed by atoms with Gasteiger partial charge in [-0.3, -0.25) is 9.59 Å². The number of benzene rings is 3. The van der Waals surface area contributed by atoms with Gasteiger partial charge in [0.05, 0.1) is 17.9 Å². The summed E-state index contributed by atoms with van der Waals surface area (Å²) < 4.78 is 20.1. The summed E-state index contributed by atoms with van der Waals surface area (Å²) in [6.07, 6.45) is 0. The molecule has 1 heterocycles. The van der Waals surface area contributed by atoms with Crippen LogP contribution in [-0.2, 0) is 16.1 Å². The number of ether oxygens (including phenoxy) is 1. The highest BCUT2D eigenvalue weighted by molar-refractivity contribution is 6.45. The average Bonchev–Trinajstić information content (AvgIpc) is 3.09. The molecule has 0 atom stereocenters. The van der Waals surface area contributed by atoms with Crippen molar-refractivity contribution in [1.29, 1.82) is 0 Å². The Bertz CT molecular complexity index is 1190. The molecule has 33 heavy (non-hydrogen) atoms. The Morgan fingerprint density at radius 2 is 1.52 bits per heavy atom. The van der Waals surface area contributed by atoms with Crippen LogP contribution in [-0.4, -0.2) is 29.9 Å². The standard InChI is InChI=1S/C27H25FN2O3/c1-3-29(18-19-10-6-5-7-11-19)25-24(20-14-16-21(17-15-20)33-4-2)26(31)30(27(25)32)23-13-9-8-12-22(23)28/h5-17H,3-4,18H2,1-2H3. The maximum Gasteiger partial charge on any atom is 0.282 e. The van der Waals surface area contributed by atoms with Gasteiger partial charge in [0, 0.05) is 13.1 Å². The molecule has 0 saturated heterocycles. The SMILES string of the molecule is CCOc1ccc(C2=C(N(CC)Cc3ccccc3)C(=O)N(c3ccccc3F)C2=O)cc1. The number of anilines is 1. The molecule has 6 heteroatoms. The maximum absolute atomic E-state index is 14.6. The van der Waals surface area contributed by atoms with Crippen molar-refractivity contribution in [3.63, 3.8) is 0 Å². The molecule has 0 fully saturated rings. The van der Waals surface area contributed by atoms with Crippen LogP contribution in [0.5, 0.6) is 5.75 Å². The summed E-state index contributed by atoms with van der Waals surface area (Å²) in [5.74, 6) is -1.04. The smallest absolute Gasteiger partial charge is 0.282 e. The highest BCUT2D eigenvalue weighted by atomic mass is 19.1. The second-order valence-corrected chi connectivity index (χ2v) is 7.58. The molecule has 3 aromatic carbocycles. The molecule has 0 spiro atoms. The minimum Gasteiger partial charge on any atom is -0.494 e. The van der Waals surface area contributed by atoms with E-state index < -0.39 is 17.6 Å². The largest absolute Gasteiger partial charge is 0.494 e. The summed E-state index contributed by atoms with van der Waals surface area (Å²) in [6, 6.07) is 22.6. The fourth-order valence-corrected chi connectivity index (χ4v) is 3.96. The molecule has 168 valence electrons. The number of likely N-dealkylation sites (N-methyl/N-ethyl adjacent to an activating group) is 1. The van der Waals surface area contributed by atoms with Gasteiger partial charge >= 0.3 is 0 Å². The van der Waals surface area contributed by atoms with Crippen LogP contribution < -0.4 is 9.64 Å². The molecule has 0 aromatic heterocycles. The lowest BCUT2D eigenvalue weighted by atomic mass is 10.0. The molecule has 0 unspecified atom stereocenters. The van der Waals surface area contributed by atoms with Crippen molar-refractivity contribution >= 4 is 23.1 Å². The highest BCUT2D eigenvalue weighted by Gasteiger charge is 2.43. The number of rotatable bonds is 8. The van der Waals surface area contributed by atoms with Gasteiger partial charge in [-0.25, -0.2) is 9.29 Å². The van der Waals surface area contributed by atoms with Gasteiger partial charge in [0.1, 0.15) is 17.3 Å². The van der Waals surface area contributed by atoms with Crippen LogP contribution in [0.2, 0.25) is 0 Å². The van der Waals surface area contributed by atoms with Crippen LogP contribution >= 0.6 is 0 Å². The molecule has 0 bridgehead atoms. The average molecular weight is 445 g/mol. The third-order valence-electron chi connectivity index (χ3n) is 5.52. The lowest BCUT2D eigenvalue weighted by molar-refractivity contribution is -0.120. The normalized spacial score (nSPS) is 13.6. The second-order valence-electron chi connectivity index (χ2n) is 7.58. The molecular formula is C27H25FN2O3. The summed E-state index contributed by atoms with van der Waals surface area (Å²) in [5, 5.41) is 0. The number of imide groups is 1. The van der Waals surface area contributed by atoms with Crippen molar-refractivity contribution in [2.75, 3.05) is 18.1 Å². The molecule has 5 nitrogen and oxygen atoms in total. The molecule has 2 amide bonds. The number of para-hydroxylation sites is 1. The molecule has 1 aliphatic heterocycles. The van der Waals surface area contributed by atoms with Gasteiger partial charge in [0.15, 0.2) is 0 Å². The first-order valence-corrected chi connectivity index (χ1v) is 10.9. The van der Waals surface area contributed by atoms with E-state index in [1.54, 1.807) is 30.3 Å². The topological polar surface area (TPSA) is 49.9 Å². The number of carbonyl (C=O) groups is 2. The quantitative estimate of drug-likeness (QED) is 0.457. The van der Waals surface area contributed by atoms with Gasteiger partial charge < -0.3 is 9.64 Å². The van der Waals surface area contributed by atoms with E-state index in [0.717, 1.165) is 10.5 Å². The van der Waals surface area contributed by atoms with E-state index in [0.29, 0.717) is 31.0 Å². The van der Waals surface area contributed by atoms with Crippen molar-refractivity contribution in [1.82, 2.24) is 4.90 Å². The lowest BCUT2D eigenvalue weighted by Gasteiger charge is -2.25. The Morgan fingerprint density at radius 3 is 2.15 bits per heavy atom. The molecular weight excluding hydrogens is 419 g/mol. The zero-order valence-electron chi connectivity index (χ0n) is 18.6. The first kappa shape index (κ1) is 22.3. The van der Waals surface area contributed by atoms with E-state index in [2.05, 4.69) is 0 Å². The van der Waals surface area contributed by atoms with Crippen molar-refractivity contribution < 1.29 is 18.7 Å². The Morgan fingerprint density at radius 1 is 0.848 bits per heavy atom. The van der Waals surface area contributed by atoms with E-state index in [1.165, 1.54) is 18.2 Å². The fraction of sp³-hybridized carbons (Fsp3) is 0.185. The van der Waals surface area contributed by atoms with Crippen molar-refractivity contribution in [2.24, 2.45) is 0 Å². The number of amides is 2. The summed E-state index contributed by atoms with van der Waals surface area (Å²) in [6.45, 7) is 5.27. The molecule has 0 aliphatic carbocycles. The summed E-state index contributed by atoms with van der Waals surface area (Å²) >= 11 is 0. The first-order valence-electron chi connectivity index (χ1n) is 10.9. The Kier molecular flexibility index (Phi) is 6.54. The van der Waals surface area contributed by atoms with Crippen LogP contribution in [0, 0.1) is 5.82 Å². The minimum atomic E-state index is -0.627. The van der Waals surface area contributed by atoms with Gasteiger partial charge in [-0.1, -0.05) is 54.6 Å². The second kappa shape index (κ2) is 9.69. The predicted molar refractivity (Wildman–Crippen MR) is 126 cm³/mol. The number of nitrogens with zero attached hydrogens (tertiary/aromatic N) is 2. The molecule has 0 N–H and O–H groups in total. The Labute approximate surface area is 192 Å². The van der Waals surface area contributed by atoms with Crippen LogP contribution in [0.3, 0.4) is 0 Å². The molecule has 1 aliphatic rings. The van der Waals surface area contributed by atoms with E-state index in [-0.39, 0.29) is 17.0 Å². The number of hydrogen-bond acceptors (Lipinski definition) is 4. The molecule has 0 saturated carbocycles. The van der Waals surface area contributed by atoms with Crippen molar-refractivity contribution in [2.45, 2.75) is 20.4 Å². The molecule has 3 aromatic rings. The molecule has 4 rings (SSSR count). The van der Waals surface area contributed by atoms with Crippen LogP contribution in [0.4, 0.5) is 10.1 Å². The summed E-state index contributed by atoms with van der Waals surface area (Å²) in [5.41, 5.74) is 2.05. The van der Waals surface area contributed by atoms with Gasteiger partial charge in [0.2, 0.25) is 0 Å². The van der Waals surface area contributed by atoms with Gasteiger partial charge in [-0.05, 0) is 49.2 Å². The monoisotopic (exact) mass is 444 g/mol. The van der Waals surface area contributed by atoms with Crippen LogP contribution in [0.25, 0.3) is 5.57 Å². The first-order chi connectivity index (χ1) is 16.0. The van der Waals surface area contributed by atoms with Gasteiger partial charge in [-0.2, -0.15) is 0 Å². The minimum absolute atomic E-state index is 0.0540. The van der Waals surface area contributed by atoms with E-state index in [1.807, 2.05) is 49.1 Å².